The van der Waals surface area contributed by atoms with Gasteiger partial charge in [-0.3, -0.25) is 0 Å². The maximum absolute atomic E-state index is 14.5. The lowest BCUT2D eigenvalue weighted by molar-refractivity contribution is 0.328. The second-order valence-corrected chi connectivity index (χ2v) is 6.92. The molecular formula is C22H19FN4. The number of hydrogen-bond acceptors (Lipinski definition) is 4. The fraction of sp³-hybridized carbons (Fsp3) is 0.227. The van der Waals surface area contributed by atoms with E-state index in [0.29, 0.717) is 11.4 Å². The summed E-state index contributed by atoms with van der Waals surface area (Å²) in [4.78, 5) is 10.8. The molecule has 27 heavy (non-hydrogen) atoms. The second-order valence-electron chi connectivity index (χ2n) is 6.92. The summed E-state index contributed by atoms with van der Waals surface area (Å²) in [7, 11) is 2.08. The van der Waals surface area contributed by atoms with Crippen LogP contribution in [0.15, 0.2) is 54.9 Å². The first-order valence-corrected chi connectivity index (χ1v) is 8.94. The summed E-state index contributed by atoms with van der Waals surface area (Å²) in [5, 5.41) is 8.91. The van der Waals surface area contributed by atoms with Crippen molar-refractivity contribution in [1.29, 1.82) is 5.26 Å². The van der Waals surface area contributed by atoms with Crippen molar-refractivity contribution in [2.75, 3.05) is 13.6 Å². The Bertz CT molecular complexity index is 1010. The minimum atomic E-state index is -0.155. The molecule has 0 spiro atoms. The zero-order chi connectivity index (χ0) is 18.8. The summed E-state index contributed by atoms with van der Waals surface area (Å²) in [6, 6.07) is 15.2. The zero-order valence-corrected chi connectivity index (χ0v) is 15.1. The monoisotopic (exact) mass is 358 g/mol. The van der Waals surface area contributed by atoms with E-state index in [1.807, 2.05) is 24.3 Å². The molecule has 1 unspecified atom stereocenters. The van der Waals surface area contributed by atoms with E-state index >= 15 is 0 Å². The van der Waals surface area contributed by atoms with Crippen LogP contribution in [0.2, 0.25) is 0 Å². The average molecular weight is 358 g/mol. The molecule has 0 saturated carbocycles. The lowest BCUT2D eigenvalue weighted by Crippen LogP contribution is -2.17. The second kappa shape index (κ2) is 7.26. The van der Waals surface area contributed by atoms with Crippen LogP contribution in [0.4, 0.5) is 4.39 Å². The van der Waals surface area contributed by atoms with Gasteiger partial charge in [0.25, 0.3) is 0 Å². The topological polar surface area (TPSA) is 52.8 Å². The fourth-order valence-corrected chi connectivity index (χ4v) is 3.71. The van der Waals surface area contributed by atoms with Crippen molar-refractivity contribution in [3.05, 3.63) is 82.9 Å². The van der Waals surface area contributed by atoms with Gasteiger partial charge >= 0.3 is 0 Å². The summed E-state index contributed by atoms with van der Waals surface area (Å²) in [5.41, 5.74) is 4.40. The Morgan fingerprint density at radius 2 is 1.89 bits per heavy atom. The molecule has 4 nitrogen and oxygen atoms in total. The van der Waals surface area contributed by atoms with Gasteiger partial charge in [0.2, 0.25) is 0 Å². The van der Waals surface area contributed by atoms with Gasteiger partial charge in [0.15, 0.2) is 5.82 Å². The summed E-state index contributed by atoms with van der Waals surface area (Å²) >= 11 is 0. The SMILES string of the molecule is CN1CCC(c2ccccc2F)c2ccc(-c3ncc(C#N)cn3)cc2C1. The molecule has 4 rings (SSSR count). The highest BCUT2D eigenvalue weighted by Gasteiger charge is 2.25. The minimum absolute atomic E-state index is 0.0297. The molecule has 2 aromatic carbocycles. The van der Waals surface area contributed by atoms with E-state index in [-0.39, 0.29) is 11.7 Å². The quantitative estimate of drug-likeness (QED) is 0.691. The third-order valence-electron chi connectivity index (χ3n) is 5.08. The molecule has 0 aliphatic carbocycles. The third kappa shape index (κ3) is 3.44. The molecule has 0 bridgehead atoms. The zero-order valence-electron chi connectivity index (χ0n) is 15.1. The van der Waals surface area contributed by atoms with Crippen molar-refractivity contribution in [2.24, 2.45) is 0 Å². The van der Waals surface area contributed by atoms with Crippen LogP contribution in [0.1, 0.15) is 34.6 Å². The molecule has 0 amide bonds. The van der Waals surface area contributed by atoms with Gasteiger partial charge in [0, 0.05) is 30.4 Å². The molecule has 1 atom stereocenters. The van der Waals surface area contributed by atoms with Gasteiger partial charge in [-0.2, -0.15) is 5.26 Å². The van der Waals surface area contributed by atoms with Crippen LogP contribution in [-0.2, 0) is 6.54 Å². The average Bonchev–Trinajstić information content (AvgIpc) is 2.86. The summed E-state index contributed by atoms with van der Waals surface area (Å²) in [6.07, 6.45) is 3.93. The molecule has 0 fully saturated rings. The minimum Gasteiger partial charge on any atom is -0.302 e. The van der Waals surface area contributed by atoms with E-state index < -0.39 is 0 Å². The lowest BCUT2D eigenvalue weighted by atomic mass is 9.85. The van der Waals surface area contributed by atoms with Crippen molar-refractivity contribution in [1.82, 2.24) is 14.9 Å². The number of hydrogen-bond donors (Lipinski definition) is 0. The smallest absolute Gasteiger partial charge is 0.159 e. The number of nitriles is 1. The van der Waals surface area contributed by atoms with E-state index in [2.05, 4.69) is 34.0 Å². The third-order valence-corrected chi connectivity index (χ3v) is 5.08. The highest BCUT2D eigenvalue weighted by Crippen LogP contribution is 2.36. The van der Waals surface area contributed by atoms with Crippen LogP contribution >= 0.6 is 0 Å². The standard InChI is InChI=1S/C22H19FN4/c1-27-9-8-19(20-4-2-3-5-21(20)23)18-7-6-16(10-17(18)14-27)22-25-12-15(11-24)13-26-22/h2-7,10,12-13,19H,8-9,14H2,1H3. The Hall–Kier alpha value is -3.10. The number of fused-ring (bicyclic) bond motifs is 1. The van der Waals surface area contributed by atoms with Crippen LogP contribution in [-0.4, -0.2) is 28.5 Å². The summed E-state index contributed by atoms with van der Waals surface area (Å²) < 4.78 is 14.5. The largest absolute Gasteiger partial charge is 0.302 e. The van der Waals surface area contributed by atoms with Gasteiger partial charge in [-0.05, 0) is 48.8 Å². The highest BCUT2D eigenvalue weighted by atomic mass is 19.1. The first-order chi connectivity index (χ1) is 13.2. The number of halogens is 1. The van der Waals surface area contributed by atoms with Gasteiger partial charge in [0.05, 0.1) is 5.56 Å². The lowest BCUT2D eigenvalue weighted by Gasteiger charge is -2.19. The van der Waals surface area contributed by atoms with Crippen molar-refractivity contribution in [3.8, 4) is 17.5 Å². The van der Waals surface area contributed by atoms with E-state index in [1.54, 1.807) is 6.07 Å². The predicted octanol–water partition coefficient (Wildman–Crippen LogP) is 4.12. The Kier molecular flexibility index (Phi) is 4.66. The Morgan fingerprint density at radius 1 is 1.11 bits per heavy atom. The van der Waals surface area contributed by atoms with Gasteiger partial charge in [-0.25, -0.2) is 14.4 Å². The molecule has 0 saturated heterocycles. The van der Waals surface area contributed by atoms with Gasteiger partial charge < -0.3 is 4.90 Å². The Labute approximate surface area is 157 Å². The van der Waals surface area contributed by atoms with Crippen LogP contribution in [0.3, 0.4) is 0 Å². The Balaban J connectivity index is 1.78. The molecular weight excluding hydrogens is 339 g/mol. The van der Waals surface area contributed by atoms with Crippen LogP contribution < -0.4 is 0 Å². The van der Waals surface area contributed by atoms with E-state index in [9.17, 15) is 4.39 Å². The van der Waals surface area contributed by atoms with Crippen LogP contribution in [0.5, 0.6) is 0 Å². The first-order valence-electron chi connectivity index (χ1n) is 8.94. The number of rotatable bonds is 2. The van der Waals surface area contributed by atoms with Crippen molar-refractivity contribution < 1.29 is 4.39 Å². The normalized spacial score (nSPS) is 17.0. The van der Waals surface area contributed by atoms with Crippen molar-refractivity contribution in [2.45, 2.75) is 18.9 Å². The Morgan fingerprint density at radius 3 is 2.63 bits per heavy atom. The number of aromatic nitrogens is 2. The molecule has 5 heteroatoms. The maximum Gasteiger partial charge on any atom is 0.159 e. The predicted molar refractivity (Wildman–Crippen MR) is 101 cm³/mol. The van der Waals surface area contributed by atoms with Gasteiger partial charge in [0.1, 0.15) is 11.9 Å². The van der Waals surface area contributed by atoms with Crippen LogP contribution in [0.25, 0.3) is 11.4 Å². The molecule has 0 radical (unpaired) electrons. The first kappa shape index (κ1) is 17.3. The summed E-state index contributed by atoms with van der Waals surface area (Å²) in [5.74, 6) is 0.464. The number of nitrogens with zero attached hydrogens (tertiary/aromatic N) is 4. The summed E-state index contributed by atoms with van der Waals surface area (Å²) in [6.45, 7) is 1.70. The van der Waals surface area contributed by atoms with E-state index in [0.717, 1.165) is 41.8 Å². The van der Waals surface area contributed by atoms with E-state index in [4.69, 9.17) is 5.26 Å². The van der Waals surface area contributed by atoms with Crippen molar-refractivity contribution >= 4 is 0 Å². The van der Waals surface area contributed by atoms with Crippen LogP contribution in [0, 0.1) is 17.1 Å². The molecule has 1 aliphatic rings. The molecule has 3 aromatic rings. The maximum atomic E-state index is 14.5. The fourth-order valence-electron chi connectivity index (χ4n) is 3.71. The number of benzene rings is 2. The molecule has 2 heterocycles. The molecule has 0 N–H and O–H groups in total. The van der Waals surface area contributed by atoms with Crippen molar-refractivity contribution in [3.63, 3.8) is 0 Å². The van der Waals surface area contributed by atoms with E-state index in [1.165, 1.54) is 18.5 Å². The van der Waals surface area contributed by atoms with Gasteiger partial charge in [-0.15, -0.1) is 0 Å². The molecule has 1 aliphatic heterocycles. The molecule has 1 aromatic heterocycles. The molecule has 134 valence electrons. The highest BCUT2D eigenvalue weighted by molar-refractivity contribution is 5.59. The van der Waals surface area contributed by atoms with Gasteiger partial charge in [-0.1, -0.05) is 30.3 Å².